The molecule has 0 aromatic heterocycles. The largest absolute Gasteiger partial charge is 0.390 e. The van der Waals surface area contributed by atoms with E-state index in [9.17, 15) is 5.11 Å². The van der Waals surface area contributed by atoms with Crippen molar-refractivity contribution in [1.82, 2.24) is 0 Å². The van der Waals surface area contributed by atoms with Gasteiger partial charge in [-0.1, -0.05) is 35.4 Å². The molecule has 0 aliphatic rings. The minimum atomic E-state index is -0.875. The third kappa shape index (κ3) is 4.73. The SMILES string of the molecule is COCCOC[C@H](O)[C@H](N=[N+]=[N-])c1ccccc1. The van der Waals surface area contributed by atoms with E-state index in [-0.39, 0.29) is 6.61 Å². The molecule has 1 N–H and O–H groups in total. The average Bonchev–Trinajstić information content (AvgIpc) is 2.41. The third-order valence-electron chi connectivity index (χ3n) is 2.40. The van der Waals surface area contributed by atoms with Gasteiger partial charge in [0, 0.05) is 12.0 Å². The van der Waals surface area contributed by atoms with E-state index in [1.54, 1.807) is 19.2 Å². The summed E-state index contributed by atoms with van der Waals surface area (Å²) in [5.41, 5.74) is 9.31. The minimum Gasteiger partial charge on any atom is -0.390 e. The molecule has 1 rings (SSSR count). The normalized spacial score (nSPS) is 13.7. The molecule has 1 aromatic rings. The summed E-state index contributed by atoms with van der Waals surface area (Å²) in [6.07, 6.45) is -0.875. The molecule has 1 aromatic carbocycles. The highest BCUT2D eigenvalue weighted by molar-refractivity contribution is 5.20. The zero-order chi connectivity index (χ0) is 13.2. The van der Waals surface area contributed by atoms with Crippen molar-refractivity contribution >= 4 is 0 Å². The summed E-state index contributed by atoms with van der Waals surface area (Å²) in [4.78, 5) is 2.76. The molecule has 0 radical (unpaired) electrons. The maximum absolute atomic E-state index is 9.96. The summed E-state index contributed by atoms with van der Waals surface area (Å²) in [7, 11) is 1.58. The molecule has 0 unspecified atom stereocenters. The van der Waals surface area contributed by atoms with E-state index in [0.717, 1.165) is 5.56 Å². The van der Waals surface area contributed by atoms with Crippen LogP contribution in [0.25, 0.3) is 10.4 Å². The Bertz CT molecular complexity index is 379. The molecule has 0 bridgehead atoms. The highest BCUT2D eigenvalue weighted by Gasteiger charge is 2.19. The van der Waals surface area contributed by atoms with Gasteiger partial charge in [-0.2, -0.15) is 0 Å². The van der Waals surface area contributed by atoms with E-state index in [1.807, 2.05) is 18.2 Å². The van der Waals surface area contributed by atoms with Crippen molar-refractivity contribution in [3.63, 3.8) is 0 Å². The summed E-state index contributed by atoms with van der Waals surface area (Å²) >= 11 is 0. The van der Waals surface area contributed by atoms with Crippen LogP contribution in [-0.4, -0.2) is 38.1 Å². The summed E-state index contributed by atoms with van der Waals surface area (Å²) in [6.45, 7) is 0.956. The number of hydrogen-bond donors (Lipinski definition) is 1. The number of aliphatic hydroxyl groups is 1. The van der Waals surface area contributed by atoms with Crippen molar-refractivity contribution in [1.29, 1.82) is 0 Å². The van der Waals surface area contributed by atoms with Crippen molar-refractivity contribution in [3.8, 4) is 0 Å². The maximum Gasteiger partial charge on any atom is 0.0907 e. The lowest BCUT2D eigenvalue weighted by atomic mass is 10.0. The monoisotopic (exact) mass is 251 g/mol. The van der Waals surface area contributed by atoms with Crippen molar-refractivity contribution in [2.24, 2.45) is 5.11 Å². The standard InChI is InChI=1S/C12H17N3O3/c1-17-7-8-18-9-11(16)12(14-15-13)10-5-3-2-4-6-10/h2-6,11-12,16H,7-9H2,1H3/t11-,12+/m0/s1. The number of azide groups is 1. The van der Waals surface area contributed by atoms with E-state index in [0.29, 0.717) is 13.2 Å². The molecule has 0 aliphatic heterocycles. The molecule has 0 amide bonds. The van der Waals surface area contributed by atoms with E-state index in [1.165, 1.54) is 0 Å². The first-order chi connectivity index (χ1) is 8.79. The summed E-state index contributed by atoms with van der Waals surface area (Å²) in [5, 5.41) is 13.6. The first-order valence-corrected chi connectivity index (χ1v) is 5.63. The van der Waals surface area contributed by atoms with Gasteiger partial charge in [0.15, 0.2) is 0 Å². The molecule has 0 spiro atoms. The molecule has 18 heavy (non-hydrogen) atoms. The van der Waals surface area contributed by atoms with Crippen molar-refractivity contribution in [2.45, 2.75) is 12.1 Å². The lowest BCUT2D eigenvalue weighted by Gasteiger charge is -2.18. The number of ether oxygens (including phenoxy) is 2. The van der Waals surface area contributed by atoms with Crippen LogP contribution in [-0.2, 0) is 9.47 Å². The molecule has 0 saturated heterocycles. The van der Waals surface area contributed by atoms with Gasteiger partial charge in [0.1, 0.15) is 0 Å². The highest BCUT2D eigenvalue weighted by atomic mass is 16.5. The molecule has 0 heterocycles. The molecular weight excluding hydrogens is 234 g/mol. The van der Waals surface area contributed by atoms with Crippen LogP contribution in [0.4, 0.5) is 0 Å². The number of aliphatic hydroxyl groups excluding tert-OH is 1. The summed E-state index contributed by atoms with van der Waals surface area (Å²) in [6, 6.07) is 8.48. The van der Waals surface area contributed by atoms with Gasteiger partial charge in [0.2, 0.25) is 0 Å². The van der Waals surface area contributed by atoms with Gasteiger partial charge in [-0.25, -0.2) is 0 Å². The Morgan fingerprint density at radius 3 is 2.67 bits per heavy atom. The van der Waals surface area contributed by atoms with Crippen LogP contribution < -0.4 is 0 Å². The Labute approximate surface area is 106 Å². The highest BCUT2D eigenvalue weighted by Crippen LogP contribution is 2.21. The Hall–Kier alpha value is -1.59. The predicted octanol–water partition coefficient (Wildman–Crippen LogP) is 2.06. The molecule has 6 heteroatoms. The first kappa shape index (κ1) is 14.5. The molecule has 98 valence electrons. The topological polar surface area (TPSA) is 87.5 Å². The van der Waals surface area contributed by atoms with E-state index in [2.05, 4.69) is 10.0 Å². The van der Waals surface area contributed by atoms with Gasteiger partial charge in [0.05, 0.1) is 32.0 Å². The Kier molecular flexibility index (Phi) is 6.83. The lowest BCUT2D eigenvalue weighted by Crippen LogP contribution is -2.23. The maximum atomic E-state index is 9.96. The Balaban J connectivity index is 2.59. The molecule has 0 saturated carbocycles. The van der Waals surface area contributed by atoms with Gasteiger partial charge in [-0.3, -0.25) is 0 Å². The van der Waals surface area contributed by atoms with Gasteiger partial charge >= 0.3 is 0 Å². The predicted molar refractivity (Wildman–Crippen MR) is 67.0 cm³/mol. The number of rotatable bonds is 8. The van der Waals surface area contributed by atoms with Crippen LogP contribution in [0.3, 0.4) is 0 Å². The number of benzene rings is 1. The van der Waals surface area contributed by atoms with Gasteiger partial charge in [-0.15, -0.1) is 0 Å². The molecule has 2 atom stereocenters. The second-order valence-electron chi connectivity index (χ2n) is 3.70. The van der Waals surface area contributed by atoms with E-state index >= 15 is 0 Å². The van der Waals surface area contributed by atoms with E-state index < -0.39 is 12.1 Å². The fourth-order valence-corrected chi connectivity index (χ4v) is 1.51. The first-order valence-electron chi connectivity index (χ1n) is 5.63. The number of hydrogen-bond acceptors (Lipinski definition) is 4. The average molecular weight is 251 g/mol. The van der Waals surface area contributed by atoms with Gasteiger partial charge < -0.3 is 14.6 Å². The zero-order valence-corrected chi connectivity index (χ0v) is 10.3. The van der Waals surface area contributed by atoms with Crippen LogP contribution in [0.5, 0.6) is 0 Å². The van der Waals surface area contributed by atoms with Crippen LogP contribution in [0.15, 0.2) is 35.4 Å². The van der Waals surface area contributed by atoms with Crippen LogP contribution in [0, 0.1) is 0 Å². The quantitative estimate of drug-likeness (QED) is 0.332. The summed E-state index contributed by atoms with van der Waals surface area (Å²) in [5.74, 6) is 0. The Morgan fingerprint density at radius 1 is 1.33 bits per heavy atom. The second-order valence-corrected chi connectivity index (χ2v) is 3.70. The van der Waals surface area contributed by atoms with Crippen LogP contribution in [0.2, 0.25) is 0 Å². The lowest BCUT2D eigenvalue weighted by molar-refractivity contribution is 0.00355. The van der Waals surface area contributed by atoms with E-state index in [4.69, 9.17) is 15.0 Å². The molecule has 0 aliphatic carbocycles. The van der Waals surface area contributed by atoms with Crippen LogP contribution in [0.1, 0.15) is 11.6 Å². The fraction of sp³-hybridized carbons (Fsp3) is 0.500. The number of nitrogens with zero attached hydrogens (tertiary/aromatic N) is 3. The van der Waals surface area contributed by atoms with Crippen molar-refractivity contribution < 1.29 is 14.6 Å². The Morgan fingerprint density at radius 2 is 2.06 bits per heavy atom. The zero-order valence-electron chi connectivity index (χ0n) is 10.3. The van der Waals surface area contributed by atoms with Crippen LogP contribution >= 0.6 is 0 Å². The fourth-order valence-electron chi connectivity index (χ4n) is 1.51. The van der Waals surface area contributed by atoms with Crippen molar-refractivity contribution in [3.05, 3.63) is 46.3 Å². The minimum absolute atomic E-state index is 0.0991. The third-order valence-corrected chi connectivity index (χ3v) is 2.40. The molecule has 6 nitrogen and oxygen atoms in total. The van der Waals surface area contributed by atoms with Gasteiger partial charge in [0.25, 0.3) is 0 Å². The molecular formula is C12H17N3O3. The second kappa shape index (κ2) is 8.49. The van der Waals surface area contributed by atoms with Crippen molar-refractivity contribution in [2.75, 3.05) is 26.9 Å². The van der Waals surface area contributed by atoms with Gasteiger partial charge in [-0.05, 0) is 11.1 Å². The number of methoxy groups -OCH3 is 1. The summed E-state index contributed by atoms with van der Waals surface area (Å²) < 4.78 is 10.1. The smallest absolute Gasteiger partial charge is 0.0907 e. The molecule has 0 fully saturated rings.